The second-order valence-corrected chi connectivity index (χ2v) is 7.71. The van der Waals surface area contributed by atoms with Gasteiger partial charge >= 0.3 is 0 Å². The van der Waals surface area contributed by atoms with Crippen molar-refractivity contribution in [2.45, 2.75) is 49.3 Å². The van der Waals surface area contributed by atoms with Crippen molar-refractivity contribution in [2.75, 3.05) is 0 Å². The molecule has 0 spiro atoms. The van der Waals surface area contributed by atoms with Gasteiger partial charge in [0, 0.05) is 24.0 Å². The van der Waals surface area contributed by atoms with Gasteiger partial charge in [0.25, 0.3) is 0 Å². The van der Waals surface area contributed by atoms with Gasteiger partial charge < -0.3 is 10.2 Å². The number of rotatable bonds is 1. The summed E-state index contributed by atoms with van der Waals surface area (Å²) in [5, 5.41) is 3.94. The molecular formula is C22H22N2. The van der Waals surface area contributed by atoms with E-state index in [0.29, 0.717) is 30.1 Å². The lowest BCUT2D eigenvalue weighted by Gasteiger charge is -2.40. The minimum Gasteiger partial charge on any atom is -0.367 e. The summed E-state index contributed by atoms with van der Waals surface area (Å²) in [6.45, 7) is 0. The summed E-state index contributed by atoms with van der Waals surface area (Å²) < 4.78 is 0. The Balaban J connectivity index is 1.43. The van der Waals surface area contributed by atoms with E-state index in [1.54, 1.807) is 16.7 Å². The molecule has 3 aliphatic carbocycles. The Kier molecular flexibility index (Phi) is 2.61. The second kappa shape index (κ2) is 4.73. The molecule has 1 N–H and O–H groups in total. The first-order valence-electron chi connectivity index (χ1n) is 9.28. The molecule has 0 radical (unpaired) electrons. The molecule has 120 valence electrons. The highest BCUT2D eigenvalue weighted by Gasteiger charge is 2.46. The predicted octanol–water partition coefficient (Wildman–Crippen LogP) is 4.36. The average molecular weight is 314 g/mol. The molecule has 0 amide bonds. The van der Waals surface area contributed by atoms with Crippen LogP contribution in [-0.4, -0.2) is 17.0 Å². The van der Waals surface area contributed by atoms with E-state index in [1.165, 1.54) is 12.0 Å². The van der Waals surface area contributed by atoms with Crippen molar-refractivity contribution in [3.05, 3.63) is 77.0 Å². The lowest BCUT2D eigenvalue weighted by atomic mass is 9.75. The summed E-state index contributed by atoms with van der Waals surface area (Å²) >= 11 is 0. The van der Waals surface area contributed by atoms with Crippen molar-refractivity contribution < 1.29 is 0 Å². The van der Waals surface area contributed by atoms with Gasteiger partial charge in [-0.3, -0.25) is 0 Å². The van der Waals surface area contributed by atoms with Gasteiger partial charge in [-0.2, -0.15) is 0 Å². The van der Waals surface area contributed by atoms with Gasteiger partial charge in [-0.1, -0.05) is 54.7 Å². The third kappa shape index (κ3) is 1.65. The summed E-state index contributed by atoms with van der Waals surface area (Å²) in [7, 11) is 0. The molecule has 0 bridgehead atoms. The first-order chi connectivity index (χ1) is 11.9. The first-order valence-corrected chi connectivity index (χ1v) is 9.28. The van der Waals surface area contributed by atoms with Crippen LogP contribution in [0.15, 0.2) is 54.8 Å². The molecule has 5 atom stereocenters. The van der Waals surface area contributed by atoms with E-state index in [9.17, 15) is 0 Å². The Morgan fingerprint density at radius 3 is 2.88 bits per heavy atom. The van der Waals surface area contributed by atoms with Crippen molar-refractivity contribution in [1.82, 2.24) is 10.2 Å². The number of allylic oxidation sites excluding steroid dienone is 2. The maximum absolute atomic E-state index is 3.94. The fraction of sp³-hybridized carbons (Fsp3) is 0.364. The molecule has 2 nitrogen and oxygen atoms in total. The van der Waals surface area contributed by atoms with Gasteiger partial charge in [-0.25, -0.2) is 0 Å². The summed E-state index contributed by atoms with van der Waals surface area (Å²) in [4.78, 5) is 2.62. The number of nitrogens with one attached hydrogen (secondary N) is 1. The topological polar surface area (TPSA) is 15.3 Å². The Morgan fingerprint density at radius 2 is 1.96 bits per heavy atom. The molecule has 1 aromatic rings. The Bertz CT molecular complexity index is 829. The fourth-order valence-electron chi connectivity index (χ4n) is 5.58. The lowest BCUT2D eigenvalue weighted by molar-refractivity contribution is 0.203. The molecule has 0 saturated heterocycles. The number of hydrogen-bond donors (Lipinski definition) is 1. The van der Waals surface area contributed by atoms with E-state index in [4.69, 9.17) is 0 Å². The zero-order chi connectivity index (χ0) is 15.7. The highest BCUT2D eigenvalue weighted by molar-refractivity contribution is 5.65. The highest BCUT2D eigenvalue weighted by Crippen LogP contribution is 2.52. The number of benzene rings is 1. The molecule has 0 fully saturated rings. The number of nitrogens with zero attached hydrogens (tertiary/aromatic N) is 1. The maximum Gasteiger partial charge on any atom is 0.0508 e. The van der Waals surface area contributed by atoms with Crippen molar-refractivity contribution in [3.63, 3.8) is 0 Å². The van der Waals surface area contributed by atoms with Crippen LogP contribution in [0.1, 0.15) is 59.5 Å². The molecule has 5 aliphatic rings. The van der Waals surface area contributed by atoms with Crippen LogP contribution in [0.3, 0.4) is 0 Å². The SMILES string of the molecule is C1=CCC(N2C=CC3c4ccc5c6c4C(CC32)NC6CC=C5)C=C1. The van der Waals surface area contributed by atoms with Gasteiger partial charge in [0.05, 0.1) is 6.04 Å². The van der Waals surface area contributed by atoms with E-state index in [0.717, 1.165) is 12.8 Å². The predicted molar refractivity (Wildman–Crippen MR) is 97.5 cm³/mol. The molecule has 5 unspecified atom stereocenters. The van der Waals surface area contributed by atoms with E-state index in [-0.39, 0.29) is 0 Å². The van der Waals surface area contributed by atoms with Crippen LogP contribution >= 0.6 is 0 Å². The Labute approximate surface area is 143 Å². The summed E-state index contributed by atoms with van der Waals surface area (Å²) in [5.41, 5.74) is 6.26. The number of fused-ring (bicyclic) bond motifs is 2. The standard InChI is InChI=1S/C22H22N2/c1-2-6-15(7-3-1)24-12-11-16-17-10-9-14-5-4-8-18-21(14)22(17)19(23-18)13-20(16)24/h1-6,9-12,15-16,18-20,23H,7-8,13H2. The number of hydrogen-bond acceptors (Lipinski definition) is 2. The fourth-order valence-corrected chi connectivity index (χ4v) is 5.58. The zero-order valence-electron chi connectivity index (χ0n) is 13.7. The Hall–Kier alpha value is -2.06. The lowest BCUT2D eigenvalue weighted by Crippen LogP contribution is -2.42. The average Bonchev–Trinajstić information content (AvgIpc) is 3.22. The van der Waals surface area contributed by atoms with Crippen molar-refractivity contribution >= 4 is 6.08 Å². The molecule has 0 saturated carbocycles. The van der Waals surface area contributed by atoms with Crippen molar-refractivity contribution in [3.8, 4) is 0 Å². The van der Waals surface area contributed by atoms with Gasteiger partial charge in [0.15, 0.2) is 0 Å². The van der Waals surface area contributed by atoms with Crippen LogP contribution in [0, 0.1) is 0 Å². The molecular weight excluding hydrogens is 292 g/mol. The van der Waals surface area contributed by atoms with Crippen molar-refractivity contribution in [2.24, 2.45) is 0 Å². The van der Waals surface area contributed by atoms with Gasteiger partial charge in [0.2, 0.25) is 0 Å². The molecule has 2 heterocycles. The third-order valence-electron chi connectivity index (χ3n) is 6.56. The first kappa shape index (κ1) is 13.3. The van der Waals surface area contributed by atoms with Crippen LogP contribution in [0.4, 0.5) is 0 Å². The quantitative estimate of drug-likeness (QED) is 0.828. The van der Waals surface area contributed by atoms with Gasteiger partial charge in [-0.15, -0.1) is 0 Å². The van der Waals surface area contributed by atoms with E-state index >= 15 is 0 Å². The maximum atomic E-state index is 3.94. The highest BCUT2D eigenvalue weighted by atomic mass is 15.2. The minimum absolute atomic E-state index is 0.524. The van der Waals surface area contributed by atoms with Gasteiger partial charge in [0.1, 0.15) is 0 Å². The van der Waals surface area contributed by atoms with E-state index in [1.807, 2.05) is 0 Å². The largest absolute Gasteiger partial charge is 0.367 e. The van der Waals surface area contributed by atoms with Gasteiger partial charge in [-0.05, 0) is 47.7 Å². The normalized spacial score (nSPS) is 37.0. The summed E-state index contributed by atoms with van der Waals surface area (Å²) in [6, 6.07) is 6.95. The molecule has 0 aromatic heterocycles. The summed E-state index contributed by atoms with van der Waals surface area (Å²) in [6.07, 6.45) is 22.0. The molecule has 2 aliphatic heterocycles. The minimum atomic E-state index is 0.524. The second-order valence-electron chi connectivity index (χ2n) is 7.71. The molecule has 24 heavy (non-hydrogen) atoms. The third-order valence-corrected chi connectivity index (χ3v) is 6.56. The molecule has 2 heteroatoms. The van der Waals surface area contributed by atoms with E-state index in [2.05, 4.69) is 71.1 Å². The molecule has 1 aromatic carbocycles. The van der Waals surface area contributed by atoms with Crippen LogP contribution in [0.25, 0.3) is 6.08 Å². The zero-order valence-corrected chi connectivity index (χ0v) is 13.7. The molecule has 6 rings (SSSR count). The summed E-state index contributed by atoms with van der Waals surface area (Å²) in [5.74, 6) is 0.562. The van der Waals surface area contributed by atoms with E-state index < -0.39 is 0 Å². The Morgan fingerprint density at radius 1 is 0.958 bits per heavy atom. The van der Waals surface area contributed by atoms with Crippen LogP contribution in [0.5, 0.6) is 0 Å². The smallest absolute Gasteiger partial charge is 0.0508 e. The van der Waals surface area contributed by atoms with Crippen LogP contribution in [0.2, 0.25) is 0 Å². The van der Waals surface area contributed by atoms with Crippen LogP contribution < -0.4 is 5.32 Å². The van der Waals surface area contributed by atoms with Crippen molar-refractivity contribution in [1.29, 1.82) is 0 Å². The van der Waals surface area contributed by atoms with Crippen LogP contribution in [-0.2, 0) is 0 Å². The monoisotopic (exact) mass is 314 g/mol.